The predicted octanol–water partition coefficient (Wildman–Crippen LogP) is 0.635. The van der Waals surface area contributed by atoms with Crippen LogP contribution < -0.4 is 0 Å². The van der Waals surface area contributed by atoms with Gasteiger partial charge in [0.25, 0.3) is 16.0 Å². The van der Waals surface area contributed by atoms with Crippen LogP contribution in [-0.2, 0) is 10.1 Å². The van der Waals surface area contributed by atoms with Crippen LogP contribution in [0.4, 0.5) is 0 Å². The van der Waals surface area contributed by atoms with E-state index in [0.29, 0.717) is 5.56 Å². The van der Waals surface area contributed by atoms with E-state index in [1.54, 1.807) is 14.1 Å². The predicted molar refractivity (Wildman–Crippen MR) is 54.3 cm³/mol. The molecule has 0 bridgehead atoms. The van der Waals surface area contributed by atoms with Gasteiger partial charge in [0.1, 0.15) is 0 Å². The smallest absolute Gasteiger partial charge is 0.294 e. The van der Waals surface area contributed by atoms with Gasteiger partial charge < -0.3 is 4.90 Å². The SMILES string of the molecule is CN(C)C(=O)c1ccc(S(=O)(=O)O)cc1. The van der Waals surface area contributed by atoms with Crippen molar-refractivity contribution >= 4 is 16.0 Å². The molecule has 1 amide bonds. The maximum absolute atomic E-state index is 11.4. The lowest BCUT2D eigenvalue weighted by Gasteiger charge is -2.09. The summed E-state index contributed by atoms with van der Waals surface area (Å²) < 4.78 is 30.1. The Kier molecular flexibility index (Phi) is 3.11. The molecule has 15 heavy (non-hydrogen) atoms. The van der Waals surface area contributed by atoms with Gasteiger partial charge in [0.15, 0.2) is 0 Å². The van der Waals surface area contributed by atoms with E-state index in [0.717, 1.165) is 0 Å². The fourth-order valence-electron chi connectivity index (χ4n) is 1.03. The molecular formula is C9H11NO4S. The summed E-state index contributed by atoms with van der Waals surface area (Å²) in [5.74, 6) is -0.225. The summed E-state index contributed by atoms with van der Waals surface area (Å²) in [7, 11) is -0.998. The quantitative estimate of drug-likeness (QED) is 0.755. The number of nitrogens with zero attached hydrogens (tertiary/aromatic N) is 1. The summed E-state index contributed by atoms with van der Waals surface area (Å²) in [6.45, 7) is 0. The zero-order chi connectivity index (χ0) is 11.6. The van der Waals surface area contributed by atoms with Crippen molar-refractivity contribution < 1.29 is 17.8 Å². The lowest BCUT2D eigenvalue weighted by molar-refractivity contribution is 0.0827. The van der Waals surface area contributed by atoms with E-state index in [9.17, 15) is 13.2 Å². The van der Waals surface area contributed by atoms with Gasteiger partial charge in [0.2, 0.25) is 0 Å². The number of carbonyl (C=O) groups excluding carboxylic acids is 1. The number of hydrogen-bond donors (Lipinski definition) is 1. The van der Waals surface area contributed by atoms with Crippen molar-refractivity contribution in [1.82, 2.24) is 4.90 Å². The summed E-state index contributed by atoms with van der Waals surface area (Å²) in [6.07, 6.45) is 0. The first-order chi connectivity index (χ1) is 6.82. The van der Waals surface area contributed by atoms with Gasteiger partial charge in [-0.3, -0.25) is 9.35 Å². The van der Waals surface area contributed by atoms with Crippen LogP contribution in [0.5, 0.6) is 0 Å². The molecule has 5 nitrogen and oxygen atoms in total. The zero-order valence-corrected chi connectivity index (χ0v) is 9.15. The second-order valence-electron chi connectivity index (χ2n) is 3.20. The van der Waals surface area contributed by atoms with Gasteiger partial charge in [-0.1, -0.05) is 0 Å². The molecular weight excluding hydrogens is 218 g/mol. The molecule has 0 aromatic heterocycles. The summed E-state index contributed by atoms with van der Waals surface area (Å²) in [5, 5.41) is 0. The molecule has 0 saturated heterocycles. The lowest BCUT2D eigenvalue weighted by Crippen LogP contribution is -2.21. The minimum Gasteiger partial charge on any atom is -0.345 e. The molecule has 6 heteroatoms. The minimum absolute atomic E-state index is 0.224. The zero-order valence-electron chi connectivity index (χ0n) is 8.34. The van der Waals surface area contributed by atoms with Crippen molar-refractivity contribution in [3.63, 3.8) is 0 Å². The third kappa shape index (κ3) is 2.77. The minimum atomic E-state index is -4.19. The van der Waals surface area contributed by atoms with E-state index in [1.165, 1.54) is 29.2 Å². The van der Waals surface area contributed by atoms with Crippen LogP contribution in [-0.4, -0.2) is 37.9 Å². The molecule has 0 fully saturated rings. The van der Waals surface area contributed by atoms with E-state index in [1.807, 2.05) is 0 Å². The molecule has 0 radical (unpaired) electrons. The van der Waals surface area contributed by atoms with E-state index in [4.69, 9.17) is 4.55 Å². The number of benzene rings is 1. The highest BCUT2D eigenvalue weighted by Crippen LogP contribution is 2.10. The fraction of sp³-hybridized carbons (Fsp3) is 0.222. The normalized spacial score (nSPS) is 11.1. The Morgan fingerprint density at radius 3 is 2.00 bits per heavy atom. The van der Waals surface area contributed by atoms with E-state index >= 15 is 0 Å². The van der Waals surface area contributed by atoms with Crippen molar-refractivity contribution in [3.8, 4) is 0 Å². The summed E-state index contributed by atoms with van der Waals surface area (Å²) >= 11 is 0. The molecule has 0 aliphatic heterocycles. The molecule has 1 rings (SSSR count). The second kappa shape index (κ2) is 4.00. The van der Waals surface area contributed by atoms with Crippen LogP contribution in [0.2, 0.25) is 0 Å². The van der Waals surface area contributed by atoms with E-state index < -0.39 is 10.1 Å². The largest absolute Gasteiger partial charge is 0.345 e. The maximum Gasteiger partial charge on any atom is 0.294 e. The summed E-state index contributed by atoms with van der Waals surface area (Å²) in [5.41, 5.74) is 0.368. The number of rotatable bonds is 2. The highest BCUT2D eigenvalue weighted by molar-refractivity contribution is 7.85. The van der Waals surface area contributed by atoms with Crippen LogP contribution in [0.1, 0.15) is 10.4 Å². The third-order valence-electron chi connectivity index (χ3n) is 1.81. The molecule has 0 spiro atoms. The second-order valence-corrected chi connectivity index (χ2v) is 4.62. The molecule has 0 saturated carbocycles. The lowest BCUT2D eigenvalue weighted by atomic mass is 10.2. The van der Waals surface area contributed by atoms with Crippen molar-refractivity contribution in [1.29, 1.82) is 0 Å². The Morgan fingerprint density at radius 1 is 1.20 bits per heavy atom. The first-order valence-corrected chi connectivity index (χ1v) is 5.55. The molecule has 0 heterocycles. The Balaban J connectivity index is 3.06. The van der Waals surface area contributed by atoms with Crippen LogP contribution in [0, 0.1) is 0 Å². The average molecular weight is 229 g/mol. The fourth-order valence-corrected chi connectivity index (χ4v) is 1.51. The van der Waals surface area contributed by atoms with Gasteiger partial charge in [-0.2, -0.15) is 8.42 Å². The van der Waals surface area contributed by atoms with Crippen molar-refractivity contribution in [2.45, 2.75) is 4.90 Å². The molecule has 82 valence electrons. The van der Waals surface area contributed by atoms with Crippen molar-refractivity contribution in [3.05, 3.63) is 29.8 Å². The van der Waals surface area contributed by atoms with Gasteiger partial charge in [-0.15, -0.1) is 0 Å². The molecule has 1 aromatic carbocycles. The molecule has 1 aromatic rings. The van der Waals surface area contributed by atoms with Crippen molar-refractivity contribution in [2.24, 2.45) is 0 Å². The first kappa shape index (κ1) is 11.7. The van der Waals surface area contributed by atoms with E-state index in [2.05, 4.69) is 0 Å². The Labute approximate surface area is 88.1 Å². The monoisotopic (exact) mass is 229 g/mol. The van der Waals surface area contributed by atoms with Gasteiger partial charge in [0, 0.05) is 19.7 Å². The van der Waals surface area contributed by atoms with Crippen LogP contribution >= 0.6 is 0 Å². The number of carbonyl (C=O) groups is 1. The molecule has 0 atom stereocenters. The van der Waals surface area contributed by atoms with Gasteiger partial charge in [0.05, 0.1) is 4.90 Å². The summed E-state index contributed by atoms with van der Waals surface area (Å²) in [4.78, 5) is 12.6. The molecule has 0 unspecified atom stereocenters. The van der Waals surface area contributed by atoms with Gasteiger partial charge in [-0.05, 0) is 24.3 Å². The summed E-state index contributed by atoms with van der Waals surface area (Å²) in [6, 6.07) is 5.08. The Hall–Kier alpha value is -1.40. The highest BCUT2D eigenvalue weighted by Gasteiger charge is 2.11. The molecule has 0 aliphatic rings. The van der Waals surface area contributed by atoms with Crippen LogP contribution in [0.15, 0.2) is 29.2 Å². The molecule has 0 aliphatic carbocycles. The maximum atomic E-state index is 11.4. The Morgan fingerprint density at radius 2 is 1.67 bits per heavy atom. The standard InChI is InChI=1S/C9H11NO4S/c1-10(2)9(11)7-3-5-8(6-4-7)15(12,13)14/h3-6H,1-2H3,(H,12,13,14). The van der Waals surface area contributed by atoms with E-state index in [-0.39, 0.29) is 10.8 Å². The average Bonchev–Trinajstić information content (AvgIpc) is 2.15. The topological polar surface area (TPSA) is 74.7 Å². The molecule has 1 N–H and O–H groups in total. The van der Waals surface area contributed by atoms with Gasteiger partial charge in [-0.25, -0.2) is 0 Å². The van der Waals surface area contributed by atoms with Crippen LogP contribution in [0.25, 0.3) is 0 Å². The first-order valence-electron chi connectivity index (χ1n) is 4.11. The van der Waals surface area contributed by atoms with Crippen LogP contribution in [0.3, 0.4) is 0 Å². The third-order valence-corrected chi connectivity index (χ3v) is 2.67. The van der Waals surface area contributed by atoms with Gasteiger partial charge >= 0.3 is 0 Å². The highest BCUT2D eigenvalue weighted by atomic mass is 32.2. The Bertz CT molecular complexity index is 461. The number of hydrogen-bond acceptors (Lipinski definition) is 3. The number of amides is 1. The van der Waals surface area contributed by atoms with Crippen molar-refractivity contribution in [2.75, 3.05) is 14.1 Å².